The van der Waals surface area contributed by atoms with E-state index in [0.717, 1.165) is 37.9 Å². The Morgan fingerprint density at radius 1 is 1.18 bits per heavy atom. The van der Waals surface area contributed by atoms with Crippen molar-refractivity contribution in [3.63, 3.8) is 0 Å². The second kappa shape index (κ2) is 12.0. The monoisotopic (exact) mass is 509 g/mol. The molecule has 0 radical (unpaired) electrons. The maximum absolute atomic E-state index is 12.0. The van der Waals surface area contributed by atoms with Crippen molar-refractivity contribution in [1.29, 1.82) is 0 Å². The quantitative estimate of drug-likeness (QED) is 0.339. The molecule has 0 spiro atoms. The zero-order valence-corrected chi connectivity index (χ0v) is 20.6. The third-order valence-corrected chi connectivity index (χ3v) is 5.41. The van der Waals surface area contributed by atoms with Crippen LogP contribution >= 0.6 is 24.0 Å². The minimum absolute atomic E-state index is 0. The summed E-state index contributed by atoms with van der Waals surface area (Å²) in [6.45, 7) is 14.2. The van der Waals surface area contributed by atoms with Gasteiger partial charge in [-0.15, -0.1) is 24.0 Å². The van der Waals surface area contributed by atoms with Crippen LogP contribution in [0.4, 0.5) is 4.79 Å². The maximum Gasteiger partial charge on any atom is 0.407 e. The zero-order valence-electron chi connectivity index (χ0n) is 18.3. The summed E-state index contributed by atoms with van der Waals surface area (Å²) in [5, 5.41) is 6.49. The number of halogens is 1. The Balaban J connectivity index is 0.00000392. The number of likely N-dealkylation sites (tertiary alicyclic amines) is 2. The number of aliphatic imine (C=N–C) groups is 1. The van der Waals surface area contributed by atoms with Crippen LogP contribution < -0.4 is 10.6 Å². The van der Waals surface area contributed by atoms with Gasteiger partial charge in [-0.1, -0.05) is 6.92 Å². The number of piperidine rings is 1. The summed E-state index contributed by atoms with van der Waals surface area (Å²) in [5.74, 6) is 1.76. The molecule has 2 saturated heterocycles. The van der Waals surface area contributed by atoms with Gasteiger partial charge in [-0.3, -0.25) is 4.99 Å². The number of alkyl carbamates (subject to hydrolysis) is 1. The molecule has 0 saturated carbocycles. The number of ether oxygens (including phenoxy) is 1. The average molecular weight is 509 g/mol. The summed E-state index contributed by atoms with van der Waals surface area (Å²) in [7, 11) is 1.83. The summed E-state index contributed by atoms with van der Waals surface area (Å²) in [5.41, 5.74) is -0.465. The fraction of sp³-hybridized carbons (Fsp3) is 0.900. The van der Waals surface area contributed by atoms with E-state index in [1.165, 1.54) is 38.9 Å². The highest BCUT2D eigenvalue weighted by Crippen LogP contribution is 2.19. The van der Waals surface area contributed by atoms with Crippen molar-refractivity contribution in [3.05, 3.63) is 0 Å². The van der Waals surface area contributed by atoms with Crippen molar-refractivity contribution in [2.45, 2.75) is 65.0 Å². The van der Waals surface area contributed by atoms with Crippen molar-refractivity contribution in [1.82, 2.24) is 20.4 Å². The molecule has 2 aliphatic heterocycles. The molecule has 0 aliphatic carbocycles. The minimum Gasteiger partial charge on any atom is -0.444 e. The predicted molar refractivity (Wildman–Crippen MR) is 126 cm³/mol. The van der Waals surface area contributed by atoms with Crippen LogP contribution in [0.3, 0.4) is 0 Å². The largest absolute Gasteiger partial charge is 0.444 e. The highest BCUT2D eigenvalue weighted by Gasteiger charge is 2.28. The Morgan fingerprint density at radius 2 is 1.86 bits per heavy atom. The number of hydrogen-bond donors (Lipinski definition) is 2. The van der Waals surface area contributed by atoms with Gasteiger partial charge in [0.05, 0.1) is 6.04 Å². The molecule has 0 aromatic rings. The van der Waals surface area contributed by atoms with Gasteiger partial charge in [-0.25, -0.2) is 4.79 Å². The van der Waals surface area contributed by atoms with Gasteiger partial charge in [0.1, 0.15) is 5.60 Å². The van der Waals surface area contributed by atoms with E-state index in [9.17, 15) is 4.79 Å². The number of carbonyl (C=O) groups is 1. The van der Waals surface area contributed by atoms with Gasteiger partial charge in [0.15, 0.2) is 5.96 Å². The molecule has 28 heavy (non-hydrogen) atoms. The number of amides is 1. The van der Waals surface area contributed by atoms with E-state index in [1.807, 2.05) is 27.8 Å². The summed E-state index contributed by atoms with van der Waals surface area (Å²) in [4.78, 5) is 21.1. The first-order chi connectivity index (χ1) is 12.8. The number of rotatable bonds is 5. The van der Waals surface area contributed by atoms with Crippen LogP contribution in [-0.4, -0.2) is 79.8 Å². The topological polar surface area (TPSA) is 69.2 Å². The molecule has 1 unspecified atom stereocenters. The van der Waals surface area contributed by atoms with Gasteiger partial charge in [0.25, 0.3) is 0 Å². The van der Waals surface area contributed by atoms with Crippen molar-refractivity contribution in [2.75, 3.05) is 46.3 Å². The summed E-state index contributed by atoms with van der Waals surface area (Å²) in [6.07, 6.45) is 4.38. The van der Waals surface area contributed by atoms with E-state index in [-0.39, 0.29) is 36.1 Å². The van der Waals surface area contributed by atoms with Gasteiger partial charge < -0.3 is 25.2 Å². The second-order valence-electron chi connectivity index (χ2n) is 8.72. The molecule has 2 fully saturated rings. The van der Waals surface area contributed by atoms with Crippen LogP contribution in [0.5, 0.6) is 0 Å². The lowest BCUT2D eigenvalue weighted by Gasteiger charge is -2.31. The number of carbonyl (C=O) groups excluding carboxylic acids is 1. The van der Waals surface area contributed by atoms with E-state index in [4.69, 9.17) is 4.74 Å². The molecule has 0 aromatic carbocycles. The first-order valence-corrected chi connectivity index (χ1v) is 10.5. The molecule has 1 amide bonds. The second-order valence-corrected chi connectivity index (χ2v) is 8.72. The lowest BCUT2D eigenvalue weighted by Crippen LogP contribution is -2.44. The Labute approximate surface area is 188 Å². The highest BCUT2D eigenvalue weighted by atomic mass is 127. The van der Waals surface area contributed by atoms with Gasteiger partial charge in [0, 0.05) is 26.7 Å². The highest BCUT2D eigenvalue weighted by molar-refractivity contribution is 14.0. The Bertz CT molecular complexity index is 501. The van der Waals surface area contributed by atoms with Crippen molar-refractivity contribution < 1.29 is 9.53 Å². The van der Waals surface area contributed by atoms with Gasteiger partial charge in [-0.05, 0) is 72.0 Å². The molecule has 2 rings (SSSR count). The van der Waals surface area contributed by atoms with E-state index in [2.05, 4.69) is 32.3 Å². The number of hydrogen-bond acceptors (Lipinski definition) is 4. The molecule has 1 atom stereocenters. The summed E-state index contributed by atoms with van der Waals surface area (Å²) in [6, 6.07) is 0.108. The first kappa shape index (κ1) is 25.3. The SMILES string of the molecule is CCN1CCC(CCNC(=NC)N2CCC(NC(=O)OC(C)(C)C)C2)CC1.I. The third kappa shape index (κ3) is 8.71. The fourth-order valence-corrected chi connectivity index (χ4v) is 3.86. The predicted octanol–water partition coefficient (Wildman–Crippen LogP) is 2.90. The zero-order chi connectivity index (χ0) is 19.9. The molecule has 2 aliphatic rings. The van der Waals surface area contributed by atoms with E-state index >= 15 is 0 Å². The van der Waals surface area contributed by atoms with Crippen LogP contribution in [0.25, 0.3) is 0 Å². The Kier molecular flexibility index (Phi) is 10.9. The number of guanidine groups is 1. The molecule has 2 N–H and O–H groups in total. The van der Waals surface area contributed by atoms with Crippen LogP contribution in [-0.2, 0) is 4.74 Å². The standard InChI is InChI=1S/C20H39N5O2.HI/c1-6-24-12-8-16(9-13-24)7-11-22-18(21-5)25-14-10-17(15-25)23-19(26)27-20(2,3)4;/h16-17H,6-15H2,1-5H3,(H,21,22)(H,23,26);1H. The molecule has 2 heterocycles. The smallest absolute Gasteiger partial charge is 0.407 e. The van der Waals surface area contributed by atoms with Gasteiger partial charge in [0.2, 0.25) is 0 Å². The van der Waals surface area contributed by atoms with Crippen LogP contribution in [0.1, 0.15) is 53.4 Å². The Morgan fingerprint density at radius 3 is 2.43 bits per heavy atom. The van der Waals surface area contributed by atoms with Crippen LogP contribution in [0, 0.1) is 5.92 Å². The Hall–Kier alpha value is -0.770. The molecule has 164 valence electrons. The van der Waals surface area contributed by atoms with Crippen molar-refractivity contribution in [2.24, 2.45) is 10.9 Å². The summed E-state index contributed by atoms with van der Waals surface area (Å²) >= 11 is 0. The molecule has 8 heteroatoms. The van der Waals surface area contributed by atoms with Crippen molar-refractivity contribution >= 4 is 36.0 Å². The molecule has 0 bridgehead atoms. The van der Waals surface area contributed by atoms with Crippen molar-refractivity contribution in [3.8, 4) is 0 Å². The third-order valence-electron chi connectivity index (χ3n) is 5.41. The molecular weight excluding hydrogens is 469 g/mol. The van der Waals surface area contributed by atoms with E-state index in [0.29, 0.717) is 0 Å². The molecule has 0 aromatic heterocycles. The van der Waals surface area contributed by atoms with Gasteiger partial charge >= 0.3 is 6.09 Å². The fourth-order valence-electron chi connectivity index (χ4n) is 3.86. The lowest BCUT2D eigenvalue weighted by atomic mass is 9.93. The first-order valence-electron chi connectivity index (χ1n) is 10.5. The lowest BCUT2D eigenvalue weighted by molar-refractivity contribution is 0.0507. The average Bonchev–Trinajstić information content (AvgIpc) is 3.05. The summed E-state index contributed by atoms with van der Waals surface area (Å²) < 4.78 is 5.35. The number of nitrogens with one attached hydrogen (secondary N) is 2. The normalized spacial score (nSPS) is 22.0. The van der Waals surface area contributed by atoms with E-state index < -0.39 is 5.60 Å². The number of nitrogens with zero attached hydrogens (tertiary/aromatic N) is 3. The van der Waals surface area contributed by atoms with Crippen LogP contribution in [0.2, 0.25) is 0 Å². The minimum atomic E-state index is -0.465. The molecular formula is C20H40IN5O2. The van der Waals surface area contributed by atoms with E-state index in [1.54, 1.807) is 0 Å². The molecule has 7 nitrogen and oxygen atoms in total. The van der Waals surface area contributed by atoms with Crippen LogP contribution in [0.15, 0.2) is 4.99 Å². The maximum atomic E-state index is 12.0. The van der Waals surface area contributed by atoms with Gasteiger partial charge in [-0.2, -0.15) is 0 Å².